The summed E-state index contributed by atoms with van der Waals surface area (Å²) in [6.45, 7) is 2.12. The van der Waals surface area contributed by atoms with Crippen LogP contribution in [0.5, 0.6) is 0 Å². The molecular weight excluding hydrogens is 176 g/mol. The smallest absolute Gasteiger partial charge is 0.150 e. The second-order valence-corrected chi connectivity index (χ2v) is 6.17. The Balaban J connectivity index is 2.67. The molecule has 1 aliphatic rings. The molecule has 1 saturated carbocycles. The first-order valence-corrected chi connectivity index (χ1v) is 6.20. The number of hydrogen-bond acceptors (Lipinski definition) is 3. The Hall–Kier alpha value is -0.0900. The van der Waals surface area contributed by atoms with Crippen molar-refractivity contribution in [1.29, 1.82) is 0 Å². The molecule has 0 aromatic heterocycles. The van der Waals surface area contributed by atoms with E-state index in [1.165, 1.54) is 6.26 Å². The van der Waals surface area contributed by atoms with Crippen molar-refractivity contribution in [1.82, 2.24) is 0 Å². The van der Waals surface area contributed by atoms with Gasteiger partial charge in [0, 0.05) is 12.9 Å². The zero-order chi connectivity index (χ0) is 9.35. The molecule has 0 bridgehead atoms. The highest BCUT2D eigenvalue weighted by Gasteiger charge is 2.36. The third-order valence-corrected chi connectivity index (χ3v) is 4.44. The predicted molar refractivity (Wildman–Crippen MR) is 47.6 cm³/mol. The normalized spacial score (nSPS) is 37.1. The number of aliphatic hydroxyl groups excluding tert-OH is 1. The fourth-order valence-corrected chi connectivity index (χ4v) is 3.13. The molecule has 1 aliphatic carbocycles. The molecule has 12 heavy (non-hydrogen) atoms. The van der Waals surface area contributed by atoms with Gasteiger partial charge in [0.25, 0.3) is 0 Å². The Labute approximate surface area is 73.7 Å². The summed E-state index contributed by atoms with van der Waals surface area (Å²) in [5.74, 6) is 0.527. The second kappa shape index (κ2) is 3.34. The van der Waals surface area contributed by atoms with Crippen molar-refractivity contribution in [3.8, 4) is 0 Å². The Morgan fingerprint density at radius 2 is 2.00 bits per heavy atom. The molecule has 0 spiro atoms. The fourth-order valence-electron chi connectivity index (χ4n) is 1.88. The molecule has 72 valence electrons. The molecular formula is C8H16O3S. The van der Waals surface area contributed by atoms with Gasteiger partial charge < -0.3 is 5.11 Å². The first-order valence-electron chi connectivity index (χ1n) is 4.25. The van der Waals surface area contributed by atoms with Crippen LogP contribution in [0.15, 0.2) is 0 Å². The Morgan fingerprint density at radius 1 is 1.42 bits per heavy atom. The highest BCUT2D eigenvalue weighted by molar-refractivity contribution is 7.91. The molecule has 0 amide bonds. The van der Waals surface area contributed by atoms with Gasteiger partial charge in [-0.1, -0.05) is 6.92 Å². The minimum Gasteiger partial charge on any atom is -0.396 e. The SMILES string of the molecule is C[C@@H]1C[C@@H](S(C)(=O)=O)C[C@H]1CO. The van der Waals surface area contributed by atoms with Crippen molar-refractivity contribution in [2.75, 3.05) is 12.9 Å². The molecule has 4 heteroatoms. The maximum absolute atomic E-state index is 11.2. The van der Waals surface area contributed by atoms with Gasteiger partial charge in [-0.25, -0.2) is 8.42 Å². The molecule has 0 aromatic rings. The van der Waals surface area contributed by atoms with Crippen molar-refractivity contribution in [2.24, 2.45) is 11.8 Å². The molecule has 3 nitrogen and oxygen atoms in total. The van der Waals surface area contributed by atoms with E-state index in [0.29, 0.717) is 18.8 Å². The lowest BCUT2D eigenvalue weighted by atomic mass is 10.00. The largest absolute Gasteiger partial charge is 0.396 e. The Bertz CT molecular complexity index is 245. The van der Waals surface area contributed by atoms with Gasteiger partial charge in [0.1, 0.15) is 9.84 Å². The Kier molecular flexibility index (Phi) is 2.78. The van der Waals surface area contributed by atoms with Crippen molar-refractivity contribution in [3.05, 3.63) is 0 Å². The van der Waals surface area contributed by atoms with E-state index in [2.05, 4.69) is 0 Å². The van der Waals surface area contributed by atoms with Crippen molar-refractivity contribution in [2.45, 2.75) is 25.0 Å². The summed E-state index contributed by atoms with van der Waals surface area (Å²) < 4.78 is 22.3. The summed E-state index contributed by atoms with van der Waals surface area (Å²) in [6.07, 6.45) is 2.63. The van der Waals surface area contributed by atoms with Gasteiger partial charge in [-0.15, -0.1) is 0 Å². The van der Waals surface area contributed by atoms with Crippen LogP contribution >= 0.6 is 0 Å². The van der Waals surface area contributed by atoms with Crippen molar-refractivity contribution in [3.63, 3.8) is 0 Å². The monoisotopic (exact) mass is 192 g/mol. The van der Waals surface area contributed by atoms with Gasteiger partial charge >= 0.3 is 0 Å². The zero-order valence-electron chi connectivity index (χ0n) is 7.53. The van der Waals surface area contributed by atoms with Gasteiger partial charge in [-0.2, -0.15) is 0 Å². The third-order valence-electron chi connectivity index (χ3n) is 2.85. The molecule has 0 saturated heterocycles. The molecule has 1 N–H and O–H groups in total. The summed E-state index contributed by atoms with van der Waals surface area (Å²) in [4.78, 5) is 0. The average Bonchev–Trinajstić information content (AvgIpc) is 2.29. The Morgan fingerprint density at radius 3 is 2.25 bits per heavy atom. The van der Waals surface area contributed by atoms with Crippen LogP contribution in [0.2, 0.25) is 0 Å². The molecule has 1 fully saturated rings. The zero-order valence-corrected chi connectivity index (χ0v) is 8.34. The van der Waals surface area contributed by atoms with E-state index in [1.54, 1.807) is 0 Å². The van der Waals surface area contributed by atoms with Crippen LogP contribution in [-0.2, 0) is 9.84 Å². The second-order valence-electron chi connectivity index (χ2n) is 3.84. The van der Waals surface area contributed by atoms with Gasteiger partial charge in [-0.3, -0.25) is 0 Å². The first-order chi connectivity index (χ1) is 5.45. The van der Waals surface area contributed by atoms with Crippen LogP contribution in [0, 0.1) is 11.8 Å². The number of hydrogen-bond donors (Lipinski definition) is 1. The minimum atomic E-state index is -2.89. The number of sulfone groups is 1. The van der Waals surface area contributed by atoms with Crippen LogP contribution < -0.4 is 0 Å². The fraction of sp³-hybridized carbons (Fsp3) is 1.00. The topological polar surface area (TPSA) is 54.4 Å². The molecule has 0 aromatic carbocycles. The van der Waals surface area contributed by atoms with Gasteiger partial charge in [-0.05, 0) is 24.7 Å². The van der Waals surface area contributed by atoms with Gasteiger partial charge in [0.2, 0.25) is 0 Å². The van der Waals surface area contributed by atoms with E-state index in [4.69, 9.17) is 5.11 Å². The maximum Gasteiger partial charge on any atom is 0.150 e. The highest BCUT2D eigenvalue weighted by atomic mass is 32.2. The van der Waals surface area contributed by atoms with E-state index in [9.17, 15) is 8.42 Å². The summed E-state index contributed by atoms with van der Waals surface area (Å²) in [5, 5.41) is 8.71. The minimum absolute atomic E-state index is 0.118. The van der Waals surface area contributed by atoms with Crippen LogP contribution in [0.4, 0.5) is 0 Å². The van der Waals surface area contributed by atoms with Crippen molar-refractivity contribution < 1.29 is 13.5 Å². The third kappa shape index (κ3) is 1.98. The summed E-state index contributed by atoms with van der Waals surface area (Å²) >= 11 is 0. The summed E-state index contributed by atoms with van der Waals surface area (Å²) in [6, 6.07) is 0. The van der Waals surface area contributed by atoms with E-state index in [-0.39, 0.29) is 17.8 Å². The standard InChI is InChI=1S/C8H16O3S/c1-6-3-8(12(2,10)11)4-7(6)5-9/h6-9H,3-5H2,1-2H3/t6-,7+,8-/m1/s1. The summed E-state index contributed by atoms with van der Waals surface area (Å²) in [7, 11) is -2.89. The molecule has 0 heterocycles. The van der Waals surface area contributed by atoms with Crippen LogP contribution in [0.1, 0.15) is 19.8 Å². The first kappa shape index (κ1) is 9.99. The van der Waals surface area contributed by atoms with E-state index in [0.717, 1.165) is 0 Å². The number of rotatable bonds is 2. The average molecular weight is 192 g/mol. The molecule has 1 rings (SSSR count). The van der Waals surface area contributed by atoms with Crippen LogP contribution in [-0.4, -0.2) is 31.6 Å². The van der Waals surface area contributed by atoms with E-state index < -0.39 is 9.84 Å². The lowest BCUT2D eigenvalue weighted by Gasteiger charge is -2.09. The maximum atomic E-state index is 11.2. The molecule has 3 atom stereocenters. The molecule has 0 aliphatic heterocycles. The van der Waals surface area contributed by atoms with Crippen molar-refractivity contribution >= 4 is 9.84 Å². The lowest BCUT2D eigenvalue weighted by Crippen LogP contribution is -2.16. The van der Waals surface area contributed by atoms with Crippen LogP contribution in [0.3, 0.4) is 0 Å². The molecule has 0 radical (unpaired) electrons. The van der Waals surface area contributed by atoms with Crippen LogP contribution in [0.25, 0.3) is 0 Å². The molecule has 0 unspecified atom stereocenters. The summed E-state index contributed by atoms with van der Waals surface area (Å²) in [5.41, 5.74) is 0. The predicted octanol–water partition coefficient (Wildman–Crippen LogP) is 0.438. The van der Waals surface area contributed by atoms with E-state index in [1.807, 2.05) is 6.92 Å². The quantitative estimate of drug-likeness (QED) is 0.690. The van der Waals surface area contributed by atoms with Gasteiger partial charge in [0.15, 0.2) is 0 Å². The van der Waals surface area contributed by atoms with Gasteiger partial charge in [0.05, 0.1) is 5.25 Å². The van der Waals surface area contributed by atoms with E-state index >= 15 is 0 Å². The number of aliphatic hydroxyl groups is 1. The lowest BCUT2D eigenvalue weighted by molar-refractivity contribution is 0.201. The highest BCUT2D eigenvalue weighted by Crippen LogP contribution is 2.34.